The Balaban J connectivity index is 1.76. The molecule has 1 fully saturated rings. The first-order valence-electron chi connectivity index (χ1n) is 8.07. The number of benzene rings is 1. The van der Waals surface area contributed by atoms with Crippen molar-refractivity contribution in [1.82, 2.24) is 19.4 Å². The van der Waals surface area contributed by atoms with Gasteiger partial charge < -0.3 is 14.2 Å². The van der Waals surface area contributed by atoms with Crippen LogP contribution in [0.2, 0.25) is 0 Å². The van der Waals surface area contributed by atoms with Gasteiger partial charge in [-0.25, -0.2) is 4.98 Å². The first-order chi connectivity index (χ1) is 11.1. The van der Waals surface area contributed by atoms with Gasteiger partial charge in [0.05, 0.1) is 13.7 Å². The molecule has 124 valence electrons. The van der Waals surface area contributed by atoms with Crippen LogP contribution in [0.25, 0.3) is 0 Å². The molecule has 1 saturated heterocycles. The molecular weight excluding hydrogens is 288 g/mol. The fraction of sp³-hybridized carbons (Fsp3) is 0.500. The molecule has 1 aromatic heterocycles. The van der Waals surface area contributed by atoms with Crippen LogP contribution >= 0.6 is 0 Å². The second-order valence-electron chi connectivity index (χ2n) is 6.56. The number of aromatic nitrogens is 2. The van der Waals surface area contributed by atoms with E-state index < -0.39 is 0 Å². The molecule has 2 atom stereocenters. The Hall–Kier alpha value is -1.85. The molecule has 0 radical (unpaired) electrons. The van der Waals surface area contributed by atoms with E-state index in [1.165, 1.54) is 5.56 Å². The van der Waals surface area contributed by atoms with Crippen LogP contribution in [-0.2, 0) is 13.6 Å². The molecule has 0 N–H and O–H groups in total. The van der Waals surface area contributed by atoms with Crippen molar-refractivity contribution < 1.29 is 4.74 Å². The molecule has 1 aliphatic rings. The highest BCUT2D eigenvalue weighted by atomic mass is 16.5. The second-order valence-corrected chi connectivity index (χ2v) is 6.56. The number of hydrogen-bond acceptors (Lipinski definition) is 4. The van der Waals surface area contributed by atoms with Crippen molar-refractivity contribution >= 4 is 0 Å². The lowest BCUT2D eigenvalue weighted by Crippen LogP contribution is -2.34. The van der Waals surface area contributed by atoms with E-state index in [-0.39, 0.29) is 0 Å². The summed E-state index contributed by atoms with van der Waals surface area (Å²) in [7, 11) is 8.11. The molecule has 0 amide bonds. The molecular formula is C18H26N4O. The molecule has 2 aromatic rings. The number of likely N-dealkylation sites (tertiary alicyclic amines) is 1. The topological polar surface area (TPSA) is 33.5 Å². The molecule has 2 unspecified atom stereocenters. The minimum absolute atomic E-state index is 0.510. The van der Waals surface area contributed by atoms with E-state index in [0.717, 1.165) is 31.2 Å². The fourth-order valence-corrected chi connectivity index (χ4v) is 3.45. The average Bonchev–Trinajstić information content (AvgIpc) is 3.15. The van der Waals surface area contributed by atoms with Crippen LogP contribution in [0.3, 0.4) is 0 Å². The molecule has 0 spiro atoms. The molecule has 0 aliphatic carbocycles. The van der Waals surface area contributed by atoms with Crippen LogP contribution in [0.15, 0.2) is 36.7 Å². The van der Waals surface area contributed by atoms with Gasteiger partial charge in [0, 0.05) is 44.5 Å². The van der Waals surface area contributed by atoms with Gasteiger partial charge in [-0.1, -0.05) is 12.1 Å². The molecule has 5 heteroatoms. The van der Waals surface area contributed by atoms with Gasteiger partial charge in [-0.2, -0.15) is 0 Å². The first kappa shape index (κ1) is 16.0. The highest BCUT2D eigenvalue weighted by molar-refractivity contribution is 5.31. The molecule has 5 nitrogen and oxygen atoms in total. The van der Waals surface area contributed by atoms with Gasteiger partial charge in [0.2, 0.25) is 0 Å². The Morgan fingerprint density at radius 3 is 2.52 bits per heavy atom. The zero-order valence-electron chi connectivity index (χ0n) is 14.4. The van der Waals surface area contributed by atoms with Gasteiger partial charge in [-0.05, 0) is 31.8 Å². The maximum atomic E-state index is 5.28. The van der Waals surface area contributed by atoms with Crippen molar-refractivity contribution in [1.29, 1.82) is 0 Å². The van der Waals surface area contributed by atoms with E-state index in [2.05, 4.69) is 64.8 Å². The Morgan fingerprint density at radius 1 is 1.22 bits per heavy atom. The largest absolute Gasteiger partial charge is 0.497 e. The smallest absolute Gasteiger partial charge is 0.122 e. The lowest BCUT2D eigenvalue weighted by Gasteiger charge is -2.25. The fourth-order valence-electron chi connectivity index (χ4n) is 3.45. The van der Waals surface area contributed by atoms with Gasteiger partial charge >= 0.3 is 0 Å². The third-order valence-electron chi connectivity index (χ3n) is 4.86. The maximum absolute atomic E-state index is 5.28. The number of hydrogen-bond donors (Lipinski definition) is 0. The summed E-state index contributed by atoms with van der Waals surface area (Å²) in [6.07, 6.45) is 3.88. The minimum Gasteiger partial charge on any atom is -0.497 e. The SMILES string of the molecule is COc1ccc(C2CN(Cc3nccn3C)CC2N(C)C)cc1. The number of likely N-dealkylation sites (N-methyl/N-ethyl adjacent to an activating group) is 1. The second kappa shape index (κ2) is 6.72. The van der Waals surface area contributed by atoms with Gasteiger partial charge in [0.25, 0.3) is 0 Å². The van der Waals surface area contributed by atoms with Crippen molar-refractivity contribution in [2.45, 2.75) is 18.5 Å². The summed E-state index contributed by atoms with van der Waals surface area (Å²) >= 11 is 0. The third-order valence-corrected chi connectivity index (χ3v) is 4.86. The Morgan fingerprint density at radius 2 is 1.96 bits per heavy atom. The normalized spacial score (nSPS) is 22.0. The summed E-state index contributed by atoms with van der Waals surface area (Å²) in [6.45, 7) is 3.03. The van der Waals surface area contributed by atoms with Crippen LogP contribution in [-0.4, -0.2) is 59.7 Å². The lowest BCUT2D eigenvalue weighted by atomic mass is 9.93. The number of nitrogens with zero attached hydrogens (tertiary/aromatic N) is 4. The van der Waals surface area contributed by atoms with Gasteiger partial charge in [-0.3, -0.25) is 4.90 Å². The van der Waals surface area contributed by atoms with Gasteiger partial charge in [0.15, 0.2) is 0 Å². The number of imidazole rings is 1. The van der Waals surface area contributed by atoms with Crippen LogP contribution < -0.4 is 4.74 Å². The lowest BCUT2D eigenvalue weighted by molar-refractivity contribution is 0.256. The van der Waals surface area contributed by atoms with E-state index in [1.54, 1.807) is 7.11 Å². The highest BCUT2D eigenvalue weighted by Gasteiger charge is 2.35. The Kier molecular flexibility index (Phi) is 4.68. The number of methoxy groups -OCH3 is 1. The number of aryl methyl sites for hydroxylation is 1. The Labute approximate surface area is 138 Å². The highest BCUT2D eigenvalue weighted by Crippen LogP contribution is 2.31. The van der Waals surface area contributed by atoms with Crippen LogP contribution in [0, 0.1) is 0 Å². The predicted molar refractivity (Wildman–Crippen MR) is 91.7 cm³/mol. The van der Waals surface area contributed by atoms with Crippen molar-refractivity contribution in [3.05, 3.63) is 48.0 Å². The van der Waals surface area contributed by atoms with E-state index >= 15 is 0 Å². The number of rotatable bonds is 5. The van der Waals surface area contributed by atoms with E-state index in [4.69, 9.17) is 4.74 Å². The van der Waals surface area contributed by atoms with E-state index in [0.29, 0.717) is 12.0 Å². The quantitative estimate of drug-likeness (QED) is 0.845. The molecule has 2 heterocycles. The minimum atomic E-state index is 0.510. The summed E-state index contributed by atoms with van der Waals surface area (Å²) in [5.41, 5.74) is 1.38. The van der Waals surface area contributed by atoms with Crippen LogP contribution in [0.1, 0.15) is 17.3 Å². The van der Waals surface area contributed by atoms with Gasteiger partial charge in [-0.15, -0.1) is 0 Å². The van der Waals surface area contributed by atoms with Crippen molar-refractivity contribution in [3.8, 4) is 5.75 Å². The first-order valence-corrected chi connectivity index (χ1v) is 8.07. The van der Waals surface area contributed by atoms with Gasteiger partial charge in [0.1, 0.15) is 11.6 Å². The van der Waals surface area contributed by atoms with Crippen LogP contribution in [0.5, 0.6) is 5.75 Å². The van der Waals surface area contributed by atoms with Crippen molar-refractivity contribution in [2.24, 2.45) is 7.05 Å². The summed E-state index contributed by atoms with van der Waals surface area (Å²) in [5.74, 6) is 2.55. The molecule has 3 rings (SSSR count). The third kappa shape index (κ3) is 3.41. The standard InChI is InChI=1S/C18H26N4O/c1-20(2)17-12-22(13-18-19-9-10-21(18)3)11-16(17)14-5-7-15(23-4)8-6-14/h5-10,16-17H,11-13H2,1-4H3. The molecule has 0 bridgehead atoms. The molecule has 23 heavy (non-hydrogen) atoms. The van der Waals surface area contributed by atoms with E-state index in [9.17, 15) is 0 Å². The summed E-state index contributed by atoms with van der Waals surface area (Å²) in [5, 5.41) is 0. The molecule has 1 aromatic carbocycles. The van der Waals surface area contributed by atoms with E-state index in [1.807, 2.05) is 12.4 Å². The zero-order chi connectivity index (χ0) is 16.4. The summed E-state index contributed by atoms with van der Waals surface area (Å²) < 4.78 is 7.38. The average molecular weight is 314 g/mol. The summed E-state index contributed by atoms with van der Waals surface area (Å²) in [4.78, 5) is 9.30. The number of ether oxygens (including phenoxy) is 1. The molecule has 0 saturated carbocycles. The monoisotopic (exact) mass is 314 g/mol. The summed E-state index contributed by atoms with van der Waals surface area (Å²) in [6, 6.07) is 9.03. The molecule has 1 aliphatic heterocycles. The van der Waals surface area contributed by atoms with Crippen molar-refractivity contribution in [2.75, 3.05) is 34.3 Å². The Bertz CT molecular complexity index is 635. The van der Waals surface area contributed by atoms with Crippen molar-refractivity contribution in [3.63, 3.8) is 0 Å². The zero-order valence-corrected chi connectivity index (χ0v) is 14.4. The van der Waals surface area contributed by atoms with Crippen LogP contribution in [0.4, 0.5) is 0 Å². The maximum Gasteiger partial charge on any atom is 0.122 e. The predicted octanol–water partition coefficient (Wildman–Crippen LogP) is 1.96.